The first-order chi connectivity index (χ1) is 17.6. The maximum atomic E-state index is 12.9. The van der Waals surface area contributed by atoms with Crippen LogP contribution in [0.2, 0.25) is 0 Å². The summed E-state index contributed by atoms with van der Waals surface area (Å²) in [6.07, 6.45) is 0.477. The van der Waals surface area contributed by atoms with Crippen molar-refractivity contribution in [3.63, 3.8) is 0 Å². The summed E-state index contributed by atoms with van der Waals surface area (Å²) in [5.74, 6) is -0.435. The van der Waals surface area contributed by atoms with E-state index in [0.29, 0.717) is 38.8 Å². The normalized spacial score (nSPS) is 17.5. The molecule has 11 nitrogen and oxygen atoms in total. The second-order valence-corrected chi connectivity index (χ2v) is 10.6. The lowest BCUT2D eigenvalue weighted by molar-refractivity contribution is -0.136. The molecule has 0 saturated carbocycles. The number of piperidine rings is 1. The van der Waals surface area contributed by atoms with Crippen molar-refractivity contribution in [1.29, 1.82) is 0 Å². The van der Waals surface area contributed by atoms with Crippen molar-refractivity contribution in [2.24, 2.45) is 0 Å². The van der Waals surface area contributed by atoms with E-state index < -0.39 is 23.5 Å². The number of imide groups is 1. The molecule has 5 N–H and O–H groups in total. The number of nitrogens with one attached hydrogen (secondary N) is 3. The molecule has 12 heteroatoms. The molecule has 3 aromatic rings. The number of amides is 5. The van der Waals surface area contributed by atoms with Crippen LogP contribution in [0.5, 0.6) is 5.75 Å². The number of urea groups is 1. The fourth-order valence-electron chi connectivity index (χ4n) is 4.57. The zero-order valence-electron chi connectivity index (χ0n) is 20.5. The number of rotatable bonds is 5. The molecule has 0 aliphatic carbocycles. The average Bonchev–Trinajstić information content (AvgIpc) is 3.41. The van der Waals surface area contributed by atoms with E-state index >= 15 is 0 Å². The lowest BCUT2D eigenvalue weighted by Gasteiger charge is -2.29. The second-order valence-electron chi connectivity index (χ2n) is 9.56. The number of carbonyl (C=O) groups is 4. The molecule has 0 spiro atoms. The molecule has 37 heavy (non-hydrogen) atoms. The van der Waals surface area contributed by atoms with E-state index in [4.69, 9.17) is 10.5 Å². The summed E-state index contributed by atoms with van der Waals surface area (Å²) in [6, 6.07) is 7.42. The molecule has 1 unspecified atom stereocenters. The Balaban J connectivity index is 1.28. The number of thiazole rings is 1. The van der Waals surface area contributed by atoms with Gasteiger partial charge in [-0.1, -0.05) is 0 Å². The SMILES string of the molecule is COc1cc(N)c2nc(C(C)(C)NC(=O)Nc3ccc4c(c3)CN(C3CCC(=O)NC3=O)C4=O)sc2c1. The van der Waals surface area contributed by atoms with Crippen LogP contribution in [0.1, 0.15) is 47.6 Å². The summed E-state index contributed by atoms with van der Waals surface area (Å²) in [7, 11) is 1.57. The number of nitrogen functional groups attached to an aromatic ring is 1. The highest BCUT2D eigenvalue weighted by atomic mass is 32.1. The molecule has 192 valence electrons. The average molecular weight is 523 g/mol. The van der Waals surface area contributed by atoms with Crippen LogP contribution >= 0.6 is 11.3 Å². The predicted octanol–water partition coefficient (Wildman–Crippen LogP) is 2.70. The Morgan fingerprint density at radius 1 is 1.24 bits per heavy atom. The van der Waals surface area contributed by atoms with Crippen LogP contribution in [-0.2, 0) is 21.7 Å². The van der Waals surface area contributed by atoms with Gasteiger partial charge in [-0.05, 0) is 50.1 Å². The van der Waals surface area contributed by atoms with Gasteiger partial charge in [-0.25, -0.2) is 9.78 Å². The first-order valence-corrected chi connectivity index (χ1v) is 12.5. The Labute approximate surface area is 216 Å². The number of methoxy groups -OCH3 is 1. The minimum absolute atomic E-state index is 0.189. The molecule has 0 radical (unpaired) electrons. The van der Waals surface area contributed by atoms with Gasteiger partial charge in [-0.3, -0.25) is 19.7 Å². The molecule has 3 heterocycles. The number of nitrogens with two attached hydrogens (primary N) is 1. The van der Waals surface area contributed by atoms with Crippen LogP contribution in [0.4, 0.5) is 16.2 Å². The van der Waals surface area contributed by atoms with Crippen molar-refractivity contribution in [3.05, 3.63) is 46.5 Å². The molecule has 1 fully saturated rings. The number of nitrogens with zero attached hydrogens (tertiary/aromatic N) is 2. The Bertz CT molecular complexity index is 1470. The van der Waals surface area contributed by atoms with Gasteiger partial charge in [0.1, 0.15) is 22.3 Å². The first-order valence-electron chi connectivity index (χ1n) is 11.7. The van der Waals surface area contributed by atoms with Crippen molar-refractivity contribution in [3.8, 4) is 5.75 Å². The van der Waals surface area contributed by atoms with Crippen LogP contribution in [-0.4, -0.2) is 46.8 Å². The van der Waals surface area contributed by atoms with Gasteiger partial charge in [0.2, 0.25) is 11.8 Å². The molecule has 1 aromatic heterocycles. The van der Waals surface area contributed by atoms with E-state index in [1.165, 1.54) is 16.2 Å². The number of hydrogen-bond donors (Lipinski definition) is 4. The quantitative estimate of drug-likeness (QED) is 0.296. The van der Waals surface area contributed by atoms with Crippen LogP contribution < -0.4 is 26.4 Å². The Morgan fingerprint density at radius 3 is 2.76 bits per heavy atom. The molecule has 1 atom stereocenters. The van der Waals surface area contributed by atoms with E-state index in [9.17, 15) is 19.2 Å². The van der Waals surface area contributed by atoms with Crippen LogP contribution in [0.15, 0.2) is 30.3 Å². The molecule has 1 saturated heterocycles. The number of ether oxygens (including phenoxy) is 1. The minimum atomic E-state index is -0.803. The lowest BCUT2D eigenvalue weighted by atomic mass is 10.0. The van der Waals surface area contributed by atoms with E-state index in [2.05, 4.69) is 20.9 Å². The standard InChI is InChI=1S/C25H26N6O5S/c1-25(2,23-29-20-16(26)9-14(36-3)10-18(20)37-23)30-24(35)27-13-4-5-15-12(8-13)11-31(22(15)34)17-6-7-19(32)28-21(17)33/h4-5,8-10,17H,6-7,11,26H2,1-3H3,(H2,27,30,35)(H,28,32,33). The van der Waals surface area contributed by atoms with Crippen molar-refractivity contribution >= 4 is 56.7 Å². The number of fused-ring (bicyclic) bond motifs is 2. The molecule has 2 aliphatic heterocycles. The highest BCUT2D eigenvalue weighted by Gasteiger charge is 2.39. The summed E-state index contributed by atoms with van der Waals surface area (Å²) in [5, 5.41) is 8.72. The summed E-state index contributed by atoms with van der Waals surface area (Å²) >= 11 is 1.42. The third-order valence-electron chi connectivity index (χ3n) is 6.48. The van der Waals surface area contributed by atoms with Gasteiger partial charge in [0.05, 0.1) is 23.0 Å². The number of carbonyl (C=O) groups excluding carboxylic acids is 4. The molecule has 2 aliphatic rings. The van der Waals surface area contributed by atoms with Crippen molar-refractivity contribution < 1.29 is 23.9 Å². The van der Waals surface area contributed by atoms with Crippen molar-refractivity contribution in [1.82, 2.24) is 20.5 Å². The fraction of sp³-hybridized carbons (Fsp3) is 0.320. The van der Waals surface area contributed by atoms with E-state index in [0.717, 1.165) is 4.70 Å². The van der Waals surface area contributed by atoms with Gasteiger partial charge in [0, 0.05) is 30.3 Å². The summed E-state index contributed by atoms with van der Waals surface area (Å²) in [4.78, 5) is 55.6. The molecule has 0 bridgehead atoms. The first kappa shape index (κ1) is 24.5. The maximum absolute atomic E-state index is 12.9. The molecule has 5 rings (SSSR count). The summed E-state index contributed by atoms with van der Waals surface area (Å²) in [6.45, 7) is 3.91. The number of benzene rings is 2. The number of aromatic nitrogens is 1. The van der Waals surface area contributed by atoms with Crippen molar-refractivity contribution in [2.45, 2.75) is 44.8 Å². The molecular formula is C25H26N6O5S. The largest absolute Gasteiger partial charge is 0.497 e. The molecular weight excluding hydrogens is 496 g/mol. The van der Waals surface area contributed by atoms with Gasteiger partial charge >= 0.3 is 6.03 Å². The number of anilines is 2. The second kappa shape index (κ2) is 9.04. The van der Waals surface area contributed by atoms with Gasteiger partial charge in [-0.2, -0.15) is 0 Å². The Hall–Kier alpha value is -4.19. The lowest BCUT2D eigenvalue weighted by Crippen LogP contribution is -2.52. The number of hydrogen-bond acceptors (Lipinski definition) is 8. The minimum Gasteiger partial charge on any atom is -0.497 e. The molecule has 5 amide bonds. The third kappa shape index (κ3) is 4.55. The topological polar surface area (TPSA) is 156 Å². The predicted molar refractivity (Wildman–Crippen MR) is 138 cm³/mol. The Kier molecular flexibility index (Phi) is 5.98. The van der Waals surface area contributed by atoms with E-state index in [1.54, 1.807) is 31.4 Å². The van der Waals surface area contributed by atoms with Crippen LogP contribution in [0.25, 0.3) is 10.2 Å². The fourth-order valence-corrected chi connectivity index (χ4v) is 5.65. The zero-order chi connectivity index (χ0) is 26.5. The maximum Gasteiger partial charge on any atom is 0.319 e. The highest BCUT2D eigenvalue weighted by molar-refractivity contribution is 7.18. The van der Waals surface area contributed by atoms with Gasteiger partial charge in [0.25, 0.3) is 5.91 Å². The zero-order valence-corrected chi connectivity index (χ0v) is 21.3. The van der Waals surface area contributed by atoms with Gasteiger partial charge < -0.3 is 26.0 Å². The Morgan fingerprint density at radius 2 is 2.03 bits per heavy atom. The van der Waals surface area contributed by atoms with E-state index in [1.807, 2.05) is 19.9 Å². The smallest absolute Gasteiger partial charge is 0.319 e. The van der Waals surface area contributed by atoms with Crippen LogP contribution in [0, 0.1) is 0 Å². The van der Waals surface area contributed by atoms with Gasteiger partial charge in [0.15, 0.2) is 0 Å². The van der Waals surface area contributed by atoms with Crippen molar-refractivity contribution in [2.75, 3.05) is 18.2 Å². The monoisotopic (exact) mass is 522 g/mol. The van der Waals surface area contributed by atoms with Crippen LogP contribution in [0.3, 0.4) is 0 Å². The highest BCUT2D eigenvalue weighted by Crippen LogP contribution is 2.35. The summed E-state index contributed by atoms with van der Waals surface area (Å²) < 4.78 is 6.13. The van der Waals surface area contributed by atoms with E-state index in [-0.39, 0.29) is 31.2 Å². The molecule has 2 aromatic carbocycles. The van der Waals surface area contributed by atoms with Gasteiger partial charge in [-0.15, -0.1) is 11.3 Å². The third-order valence-corrected chi connectivity index (χ3v) is 7.80. The summed E-state index contributed by atoms with van der Waals surface area (Å²) in [5.41, 5.74) is 8.13.